The van der Waals surface area contributed by atoms with Gasteiger partial charge in [0.05, 0.1) is 5.69 Å². The predicted octanol–water partition coefficient (Wildman–Crippen LogP) is 0.635. The van der Waals surface area contributed by atoms with Crippen molar-refractivity contribution in [3.8, 4) is 0 Å². The fourth-order valence-corrected chi connectivity index (χ4v) is 2.13. The average Bonchev–Trinajstić information content (AvgIpc) is 2.33. The minimum atomic E-state index is -1.99. The average molecular weight is 241 g/mol. The minimum absolute atomic E-state index is 0.201. The highest BCUT2D eigenvalue weighted by atomic mass is 19.2. The molecule has 92 valence electrons. The summed E-state index contributed by atoms with van der Waals surface area (Å²) in [4.78, 5) is 1.79. The third kappa shape index (κ3) is 2.42. The molecule has 0 saturated carbocycles. The molecular formula is C11H14BF2NO2. The van der Waals surface area contributed by atoms with Crippen molar-refractivity contribution in [3.63, 3.8) is 0 Å². The van der Waals surface area contributed by atoms with Crippen molar-refractivity contribution in [3.05, 3.63) is 23.8 Å². The lowest BCUT2D eigenvalue weighted by atomic mass is 9.79. The molecule has 0 bridgehead atoms. The van der Waals surface area contributed by atoms with Crippen LogP contribution in [0.5, 0.6) is 0 Å². The monoisotopic (exact) mass is 241 g/mol. The molecule has 3 nitrogen and oxygen atoms in total. The summed E-state index contributed by atoms with van der Waals surface area (Å²) in [5.74, 6) is -2.18. The number of halogens is 2. The van der Waals surface area contributed by atoms with Crippen molar-refractivity contribution in [1.82, 2.24) is 0 Å². The van der Waals surface area contributed by atoms with E-state index in [0.717, 1.165) is 19.3 Å². The minimum Gasteiger partial charge on any atom is -0.423 e. The van der Waals surface area contributed by atoms with Gasteiger partial charge in [0.25, 0.3) is 0 Å². The van der Waals surface area contributed by atoms with Gasteiger partial charge in [0.15, 0.2) is 11.6 Å². The molecule has 0 amide bonds. The molecule has 1 fully saturated rings. The van der Waals surface area contributed by atoms with Crippen molar-refractivity contribution < 1.29 is 18.8 Å². The number of rotatable bonds is 2. The smallest absolute Gasteiger partial charge is 0.423 e. The first-order chi connectivity index (χ1) is 8.11. The molecule has 0 aliphatic carbocycles. The Morgan fingerprint density at radius 2 is 1.65 bits per heavy atom. The van der Waals surface area contributed by atoms with Crippen molar-refractivity contribution >= 4 is 18.3 Å². The molecule has 1 aliphatic rings. The molecule has 0 spiro atoms. The summed E-state index contributed by atoms with van der Waals surface area (Å²) >= 11 is 0. The SMILES string of the molecule is OB(O)c1ccc(N2CCCCC2)c(F)c1F. The molecule has 1 saturated heterocycles. The van der Waals surface area contributed by atoms with E-state index in [0.29, 0.717) is 13.1 Å². The van der Waals surface area contributed by atoms with Gasteiger partial charge in [0.1, 0.15) is 0 Å². The van der Waals surface area contributed by atoms with E-state index < -0.39 is 24.2 Å². The highest BCUT2D eigenvalue weighted by Gasteiger charge is 2.24. The van der Waals surface area contributed by atoms with E-state index in [4.69, 9.17) is 10.0 Å². The summed E-state index contributed by atoms with van der Waals surface area (Å²) in [6.07, 6.45) is 3.03. The normalized spacial score (nSPS) is 16.1. The second-order valence-electron chi connectivity index (χ2n) is 4.22. The van der Waals surface area contributed by atoms with Crippen LogP contribution in [0.4, 0.5) is 14.5 Å². The van der Waals surface area contributed by atoms with Gasteiger partial charge in [-0.05, 0) is 25.3 Å². The second kappa shape index (κ2) is 5.02. The molecular weight excluding hydrogens is 227 g/mol. The highest BCUT2D eigenvalue weighted by Crippen LogP contribution is 2.24. The summed E-state index contributed by atoms with van der Waals surface area (Å²) in [5, 5.41) is 17.7. The van der Waals surface area contributed by atoms with Crippen molar-refractivity contribution in [2.45, 2.75) is 19.3 Å². The van der Waals surface area contributed by atoms with E-state index in [1.807, 2.05) is 0 Å². The molecule has 2 N–H and O–H groups in total. The molecule has 1 aromatic carbocycles. The van der Waals surface area contributed by atoms with Gasteiger partial charge in [-0.3, -0.25) is 0 Å². The fourth-order valence-electron chi connectivity index (χ4n) is 2.13. The zero-order chi connectivity index (χ0) is 12.4. The summed E-state index contributed by atoms with van der Waals surface area (Å²) in [7, 11) is -1.99. The Hall–Kier alpha value is -1.14. The number of nitrogens with zero attached hydrogens (tertiary/aromatic N) is 1. The van der Waals surface area contributed by atoms with Gasteiger partial charge in [-0.25, -0.2) is 8.78 Å². The lowest BCUT2D eigenvalue weighted by Crippen LogP contribution is -2.36. The molecule has 0 atom stereocenters. The highest BCUT2D eigenvalue weighted by molar-refractivity contribution is 6.58. The van der Waals surface area contributed by atoms with Crippen LogP contribution in [0, 0.1) is 11.6 Å². The van der Waals surface area contributed by atoms with Crippen molar-refractivity contribution in [2.75, 3.05) is 18.0 Å². The molecule has 0 aromatic heterocycles. The first-order valence-electron chi connectivity index (χ1n) is 5.70. The molecule has 1 heterocycles. The largest absolute Gasteiger partial charge is 0.491 e. The molecule has 2 rings (SSSR count). The molecule has 1 aliphatic heterocycles. The van der Waals surface area contributed by atoms with Gasteiger partial charge >= 0.3 is 7.12 Å². The van der Waals surface area contributed by atoms with E-state index in [1.165, 1.54) is 12.1 Å². The second-order valence-corrected chi connectivity index (χ2v) is 4.22. The number of benzene rings is 1. The van der Waals surface area contributed by atoms with Crippen LogP contribution >= 0.6 is 0 Å². The van der Waals surface area contributed by atoms with Crippen LogP contribution < -0.4 is 10.4 Å². The predicted molar refractivity (Wildman–Crippen MR) is 62.2 cm³/mol. The van der Waals surface area contributed by atoms with Crippen molar-refractivity contribution in [2.24, 2.45) is 0 Å². The van der Waals surface area contributed by atoms with E-state index in [-0.39, 0.29) is 5.69 Å². The van der Waals surface area contributed by atoms with Crippen LogP contribution in [-0.2, 0) is 0 Å². The van der Waals surface area contributed by atoms with Gasteiger partial charge in [-0.2, -0.15) is 0 Å². The summed E-state index contributed by atoms with van der Waals surface area (Å²) < 4.78 is 27.3. The first kappa shape index (κ1) is 12.3. The molecule has 6 heteroatoms. The zero-order valence-electron chi connectivity index (χ0n) is 9.37. The van der Waals surface area contributed by atoms with Gasteiger partial charge in [0, 0.05) is 18.6 Å². The Bertz CT molecular complexity index is 409. The van der Waals surface area contributed by atoms with Gasteiger partial charge in [-0.1, -0.05) is 6.07 Å². The van der Waals surface area contributed by atoms with Gasteiger partial charge in [0.2, 0.25) is 0 Å². The van der Waals surface area contributed by atoms with E-state index >= 15 is 0 Å². The topological polar surface area (TPSA) is 43.7 Å². The van der Waals surface area contributed by atoms with Crippen LogP contribution in [0.2, 0.25) is 0 Å². The Morgan fingerprint density at radius 3 is 2.24 bits per heavy atom. The third-order valence-corrected chi connectivity index (χ3v) is 3.07. The number of piperidine rings is 1. The fraction of sp³-hybridized carbons (Fsp3) is 0.455. The maximum Gasteiger partial charge on any atom is 0.491 e. The number of anilines is 1. The van der Waals surface area contributed by atoms with Gasteiger partial charge < -0.3 is 14.9 Å². The zero-order valence-corrected chi connectivity index (χ0v) is 9.37. The Morgan fingerprint density at radius 1 is 1.00 bits per heavy atom. The van der Waals surface area contributed by atoms with E-state index in [9.17, 15) is 8.78 Å². The molecule has 17 heavy (non-hydrogen) atoms. The summed E-state index contributed by atoms with van der Waals surface area (Å²) in [5.41, 5.74) is -0.227. The van der Waals surface area contributed by atoms with E-state index in [1.54, 1.807) is 4.90 Å². The first-order valence-corrected chi connectivity index (χ1v) is 5.70. The Balaban J connectivity index is 2.32. The van der Waals surface area contributed by atoms with Crippen molar-refractivity contribution in [1.29, 1.82) is 0 Å². The maximum atomic E-state index is 13.8. The molecule has 0 radical (unpaired) electrons. The third-order valence-electron chi connectivity index (χ3n) is 3.07. The maximum absolute atomic E-state index is 13.8. The Labute approximate surface area is 98.8 Å². The number of hydrogen-bond acceptors (Lipinski definition) is 3. The van der Waals surface area contributed by atoms with Gasteiger partial charge in [-0.15, -0.1) is 0 Å². The standard InChI is InChI=1S/C11H14BF2NO2/c13-10-8(12(16)17)4-5-9(11(10)14)15-6-2-1-3-7-15/h4-5,16-17H,1-3,6-7H2. The van der Waals surface area contributed by atoms with Crippen LogP contribution in [0.1, 0.15) is 19.3 Å². The Kier molecular flexibility index (Phi) is 3.64. The number of hydrogen-bond donors (Lipinski definition) is 2. The molecule has 0 unspecified atom stereocenters. The van der Waals surface area contributed by atoms with E-state index in [2.05, 4.69) is 0 Å². The summed E-state index contributed by atoms with van der Waals surface area (Å²) in [6, 6.07) is 2.62. The van der Waals surface area contributed by atoms with Crippen LogP contribution in [-0.4, -0.2) is 30.3 Å². The lowest BCUT2D eigenvalue weighted by Gasteiger charge is -2.29. The lowest BCUT2D eigenvalue weighted by molar-refractivity contribution is 0.420. The van der Waals surface area contributed by atoms with Crippen LogP contribution in [0.25, 0.3) is 0 Å². The van der Waals surface area contributed by atoms with Crippen LogP contribution in [0.15, 0.2) is 12.1 Å². The quantitative estimate of drug-likeness (QED) is 0.746. The van der Waals surface area contributed by atoms with Crippen LogP contribution in [0.3, 0.4) is 0 Å². The molecule has 1 aromatic rings. The summed E-state index contributed by atoms with van der Waals surface area (Å²) in [6.45, 7) is 1.41.